The number of hydrogen-bond acceptors (Lipinski definition) is 2. The highest BCUT2D eigenvalue weighted by Gasteiger charge is 2.11. The van der Waals surface area contributed by atoms with E-state index in [9.17, 15) is 0 Å². The molecule has 0 amide bonds. The van der Waals surface area contributed by atoms with E-state index in [0.717, 1.165) is 19.3 Å². The van der Waals surface area contributed by atoms with Crippen molar-refractivity contribution in [3.8, 4) is 0 Å². The summed E-state index contributed by atoms with van der Waals surface area (Å²) in [6.45, 7) is 4.00. The van der Waals surface area contributed by atoms with Gasteiger partial charge in [0.25, 0.3) is 0 Å². The van der Waals surface area contributed by atoms with Crippen LogP contribution in [-0.2, 0) is 0 Å². The Hall–Kier alpha value is -1.80. The van der Waals surface area contributed by atoms with E-state index in [1.54, 1.807) is 0 Å². The molecule has 0 saturated heterocycles. The summed E-state index contributed by atoms with van der Waals surface area (Å²) in [7, 11) is 4.01. The molecule has 0 aliphatic heterocycles. The number of rotatable bonds is 5. The molecule has 2 aliphatic carbocycles. The summed E-state index contributed by atoms with van der Waals surface area (Å²) in [5.41, 5.74) is 3.92. The maximum atomic E-state index is 3.39. The second-order valence-corrected chi connectivity index (χ2v) is 4.98. The zero-order chi connectivity index (χ0) is 16.2. The molecule has 120 valence electrons. The fourth-order valence-corrected chi connectivity index (χ4v) is 2.52. The molecule has 2 nitrogen and oxygen atoms in total. The van der Waals surface area contributed by atoms with Crippen LogP contribution >= 0.6 is 0 Å². The fraction of sp³-hybridized carbons (Fsp3) is 0.400. The van der Waals surface area contributed by atoms with Crippen LogP contribution in [0.4, 0.5) is 0 Å². The molecule has 2 heteroatoms. The van der Waals surface area contributed by atoms with Gasteiger partial charge in [-0.25, -0.2) is 0 Å². The van der Waals surface area contributed by atoms with Crippen molar-refractivity contribution >= 4 is 0 Å². The molecular formula is C20H30N2. The van der Waals surface area contributed by atoms with Crippen molar-refractivity contribution in [2.24, 2.45) is 0 Å². The Morgan fingerprint density at radius 3 is 2.59 bits per heavy atom. The van der Waals surface area contributed by atoms with E-state index in [-0.39, 0.29) is 6.04 Å². The van der Waals surface area contributed by atoms with E-state index < -0.39 is 0 Å². The van der Waals surface area contributed by atoms with E-state index in [1.165, 1.54) is 16.8 Å². The predicted molar refractivity (Wildman–Crippen MR) is 98.8 cm³/mol. The molecule has 1 unspecified atom stereocenters. The minimum atomic E-state index is 0.236. The first-order valence-electron chi connectivity index (χ1n) is 8.31. The van der Waals surface area contributed by atoms with Gasteiger partial charge in [-0.15, -0.1) is 0 Å². The number of nitrogens with one attached hydrogen (secondary N) is 2. The Bertz CT molecular complexity index is 502. The van der Waals surface area contributed by atoms with Gasteiger partial charge in [0.2, 0.25) is 0 Å². The molecule has 2 aliphatic rings. The van der Waals surface area contributed by atoms with Gasteiger partial charge in [0.15, 0.2) is 0 Å². The first kappa shape index (κ1) is 18.2. The molecule has 0 aromatic carbocycles. The third kappa shape index (κ3) is 5.53. The first-order valence-corrected chi connectivity index (χ1v) is 8.31. The van der Waals surface area contributed by atoms with Crippen LogP contribution in [0.1, 0.15) is 33.1 Å². The van der Waals surface area contributed by atoms with Crippen LogP contribution in [0.25, 0.3) is 0 Å². The normalized spacial score (nSPS) is 18.6. The average Bonchev–Trinajstić information content (AvgIpc) is 2.88. The van der Waals surface area contributed by atoms with Gasteiger partial charge >= 0.3 is 0 Å². The van der Waals surface area contributed by atoms with E-state index in [4.69, 9.17) is 0 Å². The van der Waals surface area contributed by atoms with Crippen LogP contribution < -0.4 is 10.6 Å². The highest BCUT2D eigenvalue weighted by atomic mass is 14.9. The molecule has 22 heavy (non-hydrogen) atoms. The molecule has 0 fully saturated rings. The topological polar surface area (TPSA) is 24.1 Å². The van der Waals surface area contributed by atoms with Gasteiger partial charge in [-0.3, -0.25) is 0 Å². The maximum absolute atomic E-state index is 3.39. The van der Waals surface area contributed by atoms with Crippen LogP contribution in [0.2, 0.25) is 0 Å². The summed E-state index contributed by atoms with van der Waals surface area (Å²) < 4.78 is 0. The molecule has 0 radical (unpaired) electrons. The number of likely N-dealkylation sites (N-methyl/N-ethyl adjacent to an activating group) is 2. The van der Waals surface area contributed by atoms with Crippen molar-refractivity contribution in [1.82, 2.24) is 10.6 Å². The Morgan fingerprint density at radius 2 is 1.95 bits per heavy atom. The standard InChI is InChI=1S/C18H24N2.C2H6/c1-19-17(15-10-6-3-4-7-11-15)14-18(20-2)16-12-8-5-9-13-16;1-2/h3-6,8,10-12,14,17,19-20H,7,9,13H2,1-2H3;1-2H3/b18-14-;. The smallest absolute Gasteiger partial charge is 0.0523 e. The van der Waals surface area contributed by atoms with Crippen molar-refractivity contribution in [2.45, 2.75) is 39.2 Å². The number of allylic oxidation sites excluding steroid dienone is 8. The molecule has 0 saturated carbocycles. The Kier molecular flexibility index (Phi) is 9.01. The number of hydrogen-bond donors (Lipinski definition) is 2. The summed E-state index contributed by atoms with van der Waals surface area (Å²) >= 11 is 0. The summed E-state index contributed by atoms with van der Waals surface area (Å²) in [6, 6.07) is 0.236. The van der Waals surface area contributed by atoms with Gasteiger partial charge in [0.05, 0.1) is 6.04 Å². The van der Waals surface area contributed by atoms with Crippen LogP contribution in [0, 0.1) is 0 Å². The SMILES string of the molecule is CC.CN/C(=C\C(NC)C1=CCC=CC=C1)C1=CC=CCC1. The summed E-state index contributed by atoms with van der Waals surface area (Å²) in [5, 5.41) is 6.74. The zero-order valence-electron chi connectivity index (χ0n) is 14.4. The van der Waals surface area contributed by atoms with Crippen molar-refractivity contribution in [2.75, 3.05) is 14.1 Å². The molecule has 0 heterocycles. The largest absolute Gasteiger partial charge is 0.388 e. The lowest BCUT2D eigenvalue weighted by Crippen LogP contribution is -2.27. The van der Waals surface area contributed by atoms with Crippen molar-refractivity contribution in [3.05, 3.63) is 71.5 Å². The van der Waals surface area contributed by atoms with Gasteiger partial charge in [0, 0.05) is 12.7 Å². The van der Waals surface area contributed by atoms with E-state index in [0.29, 0.717) is 0 Å². The third-order valence-corrected chi connectivity index (χ3v) is 3.66. The Balaban J connectivity index is 0.00000116. The van der Waals surface area contributed by atoms with Crippen LogP contribution in [0.3, 0.4) is 0 Å². The van der Waals surface area contributed by atoms with Crippen molar-refractivity contribution in [1.29, 1.82) is 0 Å². The van der Waals surface area contributed by atoms with E-state index in [1.807, 2.05) is 27.9 Å². The van der Waals surface area contributed by atoms with Gasteiger partial charge in [-0.1, -0.05) is 62.5 Å². The first-order chi connectivity index (χ1) is 10.8. The van der Waals surface area contributed by atoms with Crippen LogP contribution in [0.15, 0.2) is 71.5 Å². The van der Waals surface area contributed by atoms with Crippen molar-refractivity contribution < 1.29 is 0 Å². The molecule has 2 N–H and O–H groups in total. The molecule has 2 rings (SSSR count). The minimum Gasteiger partial charge on any atom is -0.388 e. The lowest BCUT2D eigenvalue weighted by atomic mass is 9.98. The average molecular weight is 298 g/mol. The van der Waals surface area contributed by atoms with Gasteiger partial charge in [-0.2, -0.15) is 0 Å². The Morgan fingerprint density at radius 1 is 1.14 bits per heavy atom. The summed E-state index contributed by atoms with van der Waals surface area (Å²) in [6.07, 6.45) is 22.9. The lowest BCUT2D eigenvalue weighted by Gasteiger charge is -2.19. The fourth-order valence-electron chi connectivity index (χ4n) is 2.52. The molecule has 0 aromatic heterocycles. The Labute approximate surface area is 136 Å². The van der Waals surface area contributed by atoms with Crippen LogP contribution in [0.5, 0.6) is 0 Å². The van der Waals surface area contributed by atoms with Crippen LogP contribution in [-0.4, -0.2) is 20.1 Å². The lowest BCUT2D eigenvalue weighted by molar-refractivity contribution is 0.748. The monoisotopic (exact) mass is 298 g/mol. The molecule has 0 spiro atoms. The third-order valence-electron chi connectivity index (χ3n) is 3.66. The molecular weight excluding hydrogens is 268 g/mol. The molecule has 1 atom stereocenters. The highest BCUT2D eigenvalue weighted by molar-refractivity contribution is 5.40. The van der Waals surface area contributed by atoms with E-state index in [2.05, 4.69) is 65.3 Å². The zero-order valence-corrected chi connectivity index (χ0v) is 14.4. The van der Waals surface area contributed by atoms with E-state index >= 15 is 0 Å². The molecule has 0 bridgehead atoms. The molecule has 0 aromatic rings. The van der Waals surface area contributed by atoms with Gasteiger partial charge in [-0.05, 0) is 43.5 Å². The van der Waals surface area contributed by atoms with Crippen molar-refractivity contribution in [3.63, 3.8) is 0 Å². The maximum Gasteiger partial charge on any atom is 0.0523 e. The second-order valence-electron chi connectivity index (χ2n) is 4.98. The summed E-state index contributed by atoms with van der Waals surface area (Å²) in [4.78, 5) is 0. The van der Waals surface area contributed by atoms with Gasteiger partial charge in [0.1, 0.15) is 0 Å². The second kappa shape index (κ2) is 10.9. The summed E-state index contributed by atoms with van der Waals surface area (Å²) in [5.74, 6) is 0. The highest BCUT2D eigenvalue weighted by Crippen LogP contribution is 2.20. The quantitative estimate of drug-likeness (QED) is 0.785. The van der Waals surface area contributed by atoms with Gasteiger partial charge < -0.3 is 10.6 Å². The minimum absolute atomic E-state index is 0.236. The predicted octanol–water partition coefficient (Wildman–Crippen LogP) is 4.42.